The Morgan fingerprint density at radius 1 is 1.17 bits per heavy atom. The molecule has 6 nitrogen and oxygen atoms in total. The highest BCUT2D eigenvalue weighted by Crippen LogP contribution is 2.28. The van der Waals surface area contributed by atoms with Crippen molar-refractivity contribution in [1.29, 1.82) is 0 Å². The molecule has 0 atom stereocenters. The predicted molar refractivity (Wildman–Crippen MR) is 79.5 cm³/mol. The highest BCUT2D eigenvalue weighted by Gasteiger charge is 2.37. The zero-order valence-corrected chi connectivity index (χ0v) is 13.4. The van der Waals surface area contributed by atoms with Crippen LogP contribution >= 0.6 is 11.3 Å². The fourth-order valence-corrected chi connectivity index (χ4v) is 2.94. The summed E-state index contributed by atoms with van der Waals surface area (Å²) in [5.41, 5.74) is 1.48. The van der Waals surface area contributed by atoms with Crippen molar-refractivity contribution in [2.45, 2.75) is 26.6 Å². The number of aromatic nitrogens is 5. The van der Waals surface area contributed by atoms with E-state index in [2.05, 4.69) is 20.1 Å². The zero-order valence-electron chi connectivity index (χ0n) is 12.6. The standard InChI is InChI=1S/C13H13F3N6S/c1-7-4-10(21(3)5-9-17-8(2)6-23-9)22-12(18-7)19-11(20-22)13(14,15)16/h4,6H,5H2,1-3H3. The van der Waals surface area contributed by atoms with Crippen LogP contribution in [0, 0.1) is 13.8 Å². The van der Waals surface area contributed by atoms with Gasteiger partial charge in [-0.3, -0.25) is 0 Å². The molecule has 0 aliphatic rings. The Morgan fingerprint density at radius 3 is 2.52 bits per heavy atom. The molecule has 0 N–H and O–H groups in total. The molecule has 3 heterocycles. The van der Waals surface area contributed by atoms with E-state index in [1.807, 2.05) is 12.3 Å². The molecule has 3 rings (SSSR count). The van der Waals surface area contributed by atoms with Crippen molar-refractivity contribution in [2.75, 3.05) is 11.9 Å². The number of aryl methyl sites for hydroxylation is 2. The van der Waals surface area contributed by atoms with Crippen molar-refractivity contribution in [3.63, 3.8) is 0 Å². The summed E-state index contributed by atoms with van der Waals surface area (Å²) in [5, 5.41) is 6.34. The molecule has 0 amide bonds. The second-order valence-corrected chi connectivity index (χ2v) is 6.08. The molecule has 23 heavy (non-hydrogen) atoms. The van der Waals surface area contributed by atoms with Gasteiger partial charge in [-0.15, -0.1) is 16.4 Å². The van der Waals surface area contributed by atoms with Gasteiger partial charge in [-0.2, -0.15) is 22.7 Å². The van der Waals surface area contributed by atoms with Crippen LogP contribution in [-0.2, 0) is 12.7 Å². The Bertz CT molecular complexity index is 853. The van der Waals surface area contributed by atoms with Gasteiger partial charge in [0.1, 0.15) is 10.8 Å². The molecule has 0 radical (unpaired) electrons. The Kier molecular flexibility index (Phi) is 3.71. The van der Waals surface area contributed by atoms with Gasteiger partial charge in [0.25, 0.3) is 11.6 Å². The third-order valence-corrected chi connectivity index (χ3v) is 4.06. The number of hydrogen-bond donors (Lipinski definition) is 0. The van der Waals surface area contributed by atoms with Crippen LogP contribution in [0.4, 0.5) is 19.0 Å². The number of nitrogens with zero attached hydrogens (tertiary/aromatic N) is 6. The summed E-state index contributed by atoms with van der Waals surface area (Å²) in [5.74, 6) is -0.798. The fourth-order valence-electron chi connectivity index (χ4n) is 2.12. The number of halogens is 3. The zero-order chi connectivity index (χ0) is 16.8. The summed E-state index contributed by atoms with van der Waals surface area (Å²) in [7, 11) is 1.76. The van der Waals surface area contributed by atoms with E-state index in [0.29, 0.717) is 18.1 Å². The first-order chi connectivity index (χ1) is 10.7. The van der Waals surface area contributed by atoms with E-state index in [4.69, 9.17) is 0 Å². The first kappa shape index (κ1) is 15.7. The fraction of sp³-hybridized carbons (Fsp3) is 0.385. The number of hydrogen-bond acceptors (Lipinski definition) is 6. The second kappa shape index (κ2) is 5.44. The minimum Gasteiger partial charge on any atom is -0.353 e. The first-order valence-electron chi connectivity index (χ1n) is 6.68. The van der Waals surface area contributed by atoms with E-state index in [1.165, 1.54) is 11.3 Å². The topological polar surface area (TPSA) is 59.2 Å². The Hall–Kier alpha value is -2.23. The van der Waals surface area contributed by atoms with Gasteiger partial charge in [-0.05, 0) is 13.8 Å². The van der Waals surface area contributed by atoms with Gasteiger partial charge >= 0.3 is 6.18 Å². The third kappa shape index (κ3) is 3.11. The quantitative estimate of drug-likeness (QED) is 0.732. The second-order valence-electron chi connectivity index (χ2n) is 5.14. The van der Waals surface area contributed by atoms with E-state index < -0.39 is 12.0 Å². The number of alkyl halides is 3. The van der Waals surface area contributed by atoms with E-state index >= 15 is 0 Å². The van der Waals surface area contributed by atoms with Gasteiger partial charge in [0.2, 0.25) is 0 Å². The monoisotopic (exact) mass is 342 g/mol. The minimum absolute atomic E-state index is 0.0745. The normalized spacial score (nSPS) is 12.1. The molecule has 0 aliphatic heterocycles. The van der Waals surface area contributed by atoms with Crippen molar-refractivity contribution in [2.24, 2.45) is 0 Å². The molecule has 0 aromatic carbocycles. The van der Waals surface area contributed by atoms with E-state index in [9.17, 15) is 13.2 Å². The Balaban J connectivity index is 2.03. The van der Waals surface area contributed by atoms with Crippen LogP contribution in [0.3, 0.4) is 0 Å². The first-order valence-corrected chi connectivity index (χ1v) is 7.56. The Morgan fingerprint density at radius 2 is 1.91 bits per heavy atom. The van der Waals surface area contributed by atoms with Crippen LogP contribution in [-0.4, -0.2) is 31.6 Å². The third-order valence-electron chi connectivity index (χ3n) is 3.11. The molecule has 0 aliphatic carbocycles. The van der Waals surface area contributed by atoms with Crippen LogP contribution in [0.25, 0.3) is 5.78 Å². The lowest BCUT2D eigenvalue weighted by atomic mass is 10.4. The average Bonchev–Trinajstić information content (AvgIpc) is 3.03. The Labute approximate surface area is 133 Å². The van der Waals surface area contributed by atoms with Crippen molar-refractivity contribution in [3.8, 4) is 0 Å². The molecule has 0 bridgehead atoms. The minimum atomic E-state index is -4.61. The van der Waals surface area contributed by atoms with Gasteiger partial charge in [-0.1, -0.05) is 0 Å². The van der Waals surface area contributed by atoms with Crippen LogP contribution in [0.2, 0.25) is 0 Å². The van der Waals surface area contributed by atoms with Crippen LogP contribution in [0.15, 0.2) is 11.4 Å². The van der Waals surface area contributed by atoms with Gasteiger partial charge < -0.3 is 4.90 Å². The van der Waals surface area contributed by atoms with Gasteiger partial charge in [0, 0.05) is 29.9 Å². The lowest BCUT2D eigenvalue weighted by Crippen LogP contribution is -2.20. The van der Waals surface area contributed by atoms with Crippen molar-refractivity contribution < 1.29 is 13.2 Å². The summed E-state index contributed by atoms with van der Waals surface area (Å²) in [6.45, 7) is 4.05. The van der Waals surface area contributed by atoms with Crippen molar-refractivity contribution >= 4 is 22.9 Å². The summed E-state index contributed by atoms with van der Waals surface area (Å²) in [6, 6.07) is 1.67. The molecule has 0 saturated heterocycles. The molecule has 3 aromatic rings. The van der Waals surface area contributed by atoms with Crippen molar-refractivity contribution in [1.82, 2.24) is 24.6 Å². The average molecular weight is 342 g/mol. The molecule has 0 spiro atoms. The van der Waals surface area contributed by atoms with Crippen LogP contribution < -0.4 is 4.90 Å². The van der Waals surface area contributed by atoms with E-state index in [1.54, 1.807) is 24.9 Å². The number of thiazole rings is 1. The summed E-state index contributed by atoms with van der Waals surface area (Å²) >= 11 is 1.50. The lowest BCUT2D eigenvalue weighted by Gasteiger charge is -2.18. The summed E-state index contributed by atoms with van der Waals surface area (Å²) < 4.78 is 39.6. The number of rotatable bonds is 3. The number of anilines is 1. The molecule has 0 fully saturated rings. The maximum atomic E-state index is 12.8. The van der Waals surface area contributed by atoms with Gasteiger partial charge in [0.15, 0.2) is 0 Å². The predicted octanol–water partition coefficient (Wildman–Crippen LogP) is 2.85. The van der Waals surface area contributed by atoms with Crippen LogP contribution in [0.1, 0.15) is 22.2 Å². The highest BCUT2D eigenvalue weighted by molar-refractivity contribution is 7.09. The van der Waals surface area contributed by atoms with Crippen molar-refractivity contribution in [3.05, 3.63) is 33.7 Å². The van der Waals surface area contributed by atoms with Gasteiger partial charge in [-0.25, -0.2) is 9.97 Å². The molecule has 0 unspecified atom stereocenters. The SMILES string of the molecule is Cc1csc(CN(C)c2cc(C)nc3nc(C(F)(F)F)nn23)n1. The molecule has 10 heteroatoms. The maximum Gasteiger partial charge on any atom is 0.453 e. The highest BCUT2D eigenvalue weighted by atomic mass is 32.1. The van der Waals surface area contributed by atoms with E-state index in [-0.39, 0.29) is 5.78 Å². The van der Waals surface area contributed by atoms with Crippen LogP contribution in [0.5, 0.6) is 0 Å². The molecular weight excluding hydrogens is 329 g/mol. The molecule has 3 aromatic heterocycles. The molecule has 122 valence electrons. The maximum absolute atomic E-state index is 12.8. The molecule has 0 saturated carbocycles. The largest absolute Gasteiger partial charge is 0.453 e. The summed E-state index contributed by atoms with van der Waals surface area (Å²) in [6.07, 6.45) is -4.61. The van der Waals surface area contributed by atoms with E-state index in [0.717, 1.165) is 15.2 Å². The molecular formula is C13H13F3N6S. The summed E-state index contributed by atoms with van der Waals surface area (Å²) in [4.78, 5) is 13.6. The van der Waals surface area contributed by atoms with Gasteiger partial charge in [0.05, 0.1) is 6.54 Å². The lowest BCUT2D eigenvalue weighted by molar-refractivity contribution is -0.144. The smallest absolute Gasteiger partial charge is 0.353 e. The number of fused-ring (bicyclic) bond motifs is 1.